The molecule has 1 aromatic carbocycles. The van der Waals surface area contributed by atoms with Gasteiger partial charge in [-0.15, -0.1) is 11.3 Å². The van der Waals surface area contributed by atoms with Crippen molar-refractivity contribution in [3.63, 3.8) is 0 Å². The summed E-state index contributed by atoms with van der Waals surface area (Å²) >= 11 is 1.67. The largest absolute Gasteiger partial charge is 0.497 e. The van der Waals surface area contributed by atoms with Gasteiger partial charge in [0, 0.05) is 24.5 Å². The van der Waals surface area contributed by atoms with Gasteiger partial charge in [-0.25, -0.2) is 0 Å². The first-order valence-electron chi connectivity index (χ1n) is 7.81. The van der Waals surface area contributed by atoms with E-state index < -0.39 is 0 Å². The van der Waals surface area contributed by atoms with Crippen molar-refractivity contribution in [3.05, 3.63) is 40.6 Å². The quantitative estimate of drug-likeness (QED) is 0.882. The van der Waals surface area contributed by atoms with Gasteiger partial charge in [-0.2, -0.15) is 0 Å². The molecule has 1 atom stereocenters. The van der Waals surface area contributed by atoms with Crippen molar-refractivity contribution in [2.24, 2.45) is 5.92 Å². The molecule has 1 saturated heterocycles. The predicted octanol–water partition coefficient (Wildman–Crippen LogP) is 3.47. The molecule has 1 aliphatic heterocycles. The summed E-state index contributed by atoms with van der Waals surface area (Å²) in [7, 11) is 1.66. The third-order valence-corrected chi connectivity index (χ3v) is 4.97. The number of ether oxygens (including phenoxy) is 2. The van der Waals surface area contributed by atoms with Gasteiger partial charge in [0.05, 0.1) is 13.7 Å². The second-order valence-electron chi connectivity index (χ2n) is 5.74. The first-order valence-corrected chi connectivity index (χ1v) is 8.69. The van der Waals surface area contributed by atoms with Gasteiger partial charge in [-0.05, 0) is 47.0 Å². The van der Waals surface area contributed by atoms with E-state index in [0.29, 0.717) is 25.5 Å². The number of hydrogen-bond acceptors (Lipinski definition) is 4. The first kappa shape index (κ1) is 16.0. The summed E-state index contributed by atoms with van der Waals surface area (Å²) in [6.45, 7) is 2.09. The van der Waals surface area contributed by atoms with Crippen molar-refractivity contribution in [1.82, 2.24) is 5.32 Å². The third-order valence-electron chi connectivity index (χ3n) is 4.03. The Morgan fingerprint density at radius 3 is 2.87 bits per heavy atom. The molecule has 0 bridgehead atoms. The molecule has 2 aromatic rings. The zero-order chi connectivity index (χ0) is 16.1. The lowest BCUT2D eigenvalue weighted by atomic mass is 10.1. The highest BCUT2D eigenvalue weighted by Crippen LogP contribution is 2.27. The molecule has 1 amide bonds. The normalized spacial score (nSPS) is 17.2. The lowest BCUT2D eigenvalue weighted by Crippen LogP contribution is -2.24. The van der Waals surface area contributed by atoms with E-state index in [9.17, 15) is 4.79 Å². The van der Waals surface area contributed by atoms with Crippen LogP contribution in [0.1, 0.15) is 17.7 Å². The Hall–Kier alpha value is -1.85. The lowest BCUT2D eigenvalue weighted by Gasteiger charge is -2.07. The Labute approximate surface area is 140 Å². The SMILES string of the molecule is COc1ccc(-c2csc(CNC(=O)CC3CCOC3)c2)cc1. The summed E-state index contributed by atoms with van der Waals surface area (Å²) in [5.41, 5.74) is 2.33. The van der Waals surface area contributed by atoms with Crippen LogP contribution in [0.15, 0.2) is 35.7 Å². The Balaban J connectivity index is 1.53. The second-order valence-corrected chi connectivity index (χ2v) is 6.74. The summed E-state index contributed by atoms with van der Waals surface area (Å²) in [6, 6.07) is 10.1. The van der Waals surface area contributed by atoms with E-state index in [1.807, 2.05) is 24.3 Å². The minimum Gasteiger partial charge on any atom is -0.497 e. The van der Waals surface area contributed by atoms with Gasteiger partial charge in [0.15, 0.2) is 0 Å². The van der Waals surface area contributed by atoms with Crippen LogP contribution in [-0.4, -0.2) is 26.2 Å². The standard InChI is InChI=1S/C18H21NO3S/c1-21-16-4-2-14(3-5-16)15-9-17(23-12-15)10-19-18(20)8-13-6-7-22-11-13/h2-5,9,12-13H,6-8,10-11H2,1H3,(H,19,20). The Morgan fingerprint density at radius 1 is 1.35 bits per heavy atom. The van der Waals surface area contributed by atoms with Crippen LogP contribution in [0.4, 0.5) is 0 Å². The maximum Gasteiger partial charge on any atom is 0.220 e. The maximum atomic E-state index is 11.9. The molecule has 1 aromatic heterocycles. The van der Waals surface area contributed by atoms with Gasteiger partial charge in [0.2, 0.25) is 5.91 Å². The fourth-order valence-electron chi connectivity index (χ4n) is 2.67. The number of hydrogen-bond donors (Lipinski definition) is 1. The van der Waals surface area contributed by atoms with Gasteiger partial charge >= 0.3 is 0 Å². The van der Waals surface area contributed by atoms with Crippen LogP contribution in [-0.2, 0) is 16.1 Å². The van der Waals surface area contributed by atoms with Crippen LogP contribution in [0.3, 0.4) is 0 Å². The van der Waals surface area contributed by atoms with E-state index >= 15 is 0 Å². The molecule has 1 aliphatic rings. The van der Waals surface area contributed by atoms with Crippen molar-refractivity contribution in [3.8, 4) is 16.9 Å². The number of benzene rings is 1. The second kappa shape index (κ2) is 7.62. The van der Waals surface area contributed by atoms with Gasteiger partial charge < -0.3 is 14.8 Å². The van der Waals surface area contributed by atoms with E-state index in [0.717, 1.165) is 29.2 Å². The molecule has 0 aliphatic carbocycles. The molecular weight excluding hydrogens is 310 g/mol. The highest BCUT2D eigenvalue weighted by Gasteiger charge is 2.18. The molecule has 0 spiro atoms. The molecule has 1 fully saturated rings. The highest BCUT2D eigenvalue weighted by atomic mass is 32.1. The zero-order valence-corrected chi connectivity index (χ0v) is 14.0. The third kappa shape index (κ3) is 4.33. The molecule has 3 rings (SSSR count). The van der Waals surface area contributed by atoms with E-state index in [-0.39, 0.29) is 5.91 Å². The van der Waals surface area contributed by atoms with Crippen LogP contribution in [0.5, 0.6) is 5.75 Å². The zero-order valence-electron chi connectivity index (χ0n) is 13.2. The molecule has 2 heterocycles. The molecule has 0 radical (unpaired) electrons. The predicted molar refractivity (Wildman–Crippen MR) is 91.7 cm³/mol. The fraction of sp³-hybridized carbons (Fsp3) is 0.389. The smallest absolute Gasteiger partial charge is 0.220 e. The number of thiophene rings is 1. The van der Waals surface area contributed by atoms with Crippen LogP contribution in [0.2, 0.25) is 0 Å². The Bertz CT molecular complexity index is 645. The van der Waals surface area contributed by atoms with Crippen LogP contribution in [0.25, 0.3) is 11.1 Å². The Morgan fingerprint density at radius 2 is 2.17 bits per heavy atom. The molecule has 122 valence electrons. The molecule has 4 nitrogen and oxygen atoms in total. The highest BCUT2D eigenvalue weighted by molar-refractivity contribution is 7.10. The fourth-order valence-corrected chi connectivity index (χ4v) is 3.51. The molecular formula is C18H21NO3S. The summed E-state index contributed by atoms with van der Waals surface area (Å²) in [5, 5.41) is 5.12. The van der Waals surface area contributed by atoms with Crippen molar-refractivity contribution in [2.75, 3.05) is 20.3 Å². The number of nitrogens with one attached hydrogen (secondary N) is 1. The van der Waals surface area contributed by atoms with Crippen LogP contribution >= 0.6 is 11.3 Å². The number of carbonyl (C=O) groups excluding carboxylic acids is 1. The molecule has 23 heavy (non-hydrogen) atoms. The van der Waals surface area contributed by atoms with Gasteiger partial charge in [-0.3, -0.25) is 4.79 Å². The number of carbonyl (C=O) groups is 1. The summed E-state index contributed by atoms with van der Waals surface area (Å²) in [6.07, 6.45) is 1.56. The molecule has 5 heteroatoms. The van der Waals surface area contributed by atoms with Crippen molar-refractivity contribution in [2.45, 2.75) is 19.4 Å². The van der Waals surface area contributed by atoms with Crippen LogP contribution in [0, 0.1) is 5.92 Å². The average Bonchev–Trinajstić information content (AvgIpc) is 3.25. The van der Waals surface area contributed by atoms with Gasteiger partial charge in [-0.1, -0.05) is 12.1 Å². The van der Waals surface area contributed by atoms with Crippen LogP contribution < -0.4 is 10.1 Å². The van der Waals surface area contributed by atoms with E-state index in [2.05, 4.69) is 16.8 Å². The minimum absolute atomic E-state index is 0.111. The number of methoxy groups -OCH3 is 1. The van der Waals surface area contributed by atoms with Gasteiger partial charge in [0.25, 0.3) is 0 Å². The lowest BCUT2D eigenvalue weighted by molar-refractivity contribution is -0.122. The van der Waals surface area contributed by atoms with Gasteiger partial charge in [0.1, 0.15) is 5.75 Å². The van der Waals surface area contributed by atoms with E-state index in [1.54, 1.807) is 18.4 Å². The van der Waals surface area contributed by atoms with E-state index in [1.165, 1.54) is 5.56 Å². The number of rotatable bonds is 6. The van der Waals surface area contributed by atoms with Crippen molar-refractivity contribution < 1.29 is 14.3 Å². The summed E-state index contributed by atoms with van der Waals surface area (Å²) in [4.78, 5) is 13.1. The number of amides is 1. The molecule has 1 unspecified atom stereocenters. The maximum absolute atomic E-state index is 11.9. The van der Waals surface area contributed by atoms with E-state index in [4.69, 9.17) is 9.47 Å². The summed E-state index contributed by atoms with van der Waals surface area (Å²) in [5.74, 6) is 1.35. The summed E-state index contributed by atoms with van der Waals surface area (Å²) < 4.78 is 10.5. The Kier molecular flexibility index (Phi) is 5.31. The van der Waals surface area contributed by atoms with Crippen molar-refractivity contribution >= 4 is 17.2 Å². The monoisotopic (exact) mass is 331 g/mol. The molecule has 1 N–H and O–H groups in total. The molecule has 0 saturated carbocycles. The average molecular weight is 331 g/mol. The topological polar surface area (TPSA) is 47.6 Å². The van der Waals surface area contributed by atoms with Crippen molar-refractivity contribution in [1.29, 1.82) is 0 Å². The first-order chi connectivity index (χ1) is 11.2. The minimum atomic E-state index is 0.111.